The number of hydrogen-bond acceptors (Lipinski definition) is 2. The van der Waals surface area contributed by atoms with Crippen molar-refractivity contribution in [3.05, 3.63) is 34.4 Å². The second-order valence-corrected chi connectivity index (χ2v) is 6.85. The maximum atomic E-state index is 12.0. The van der Waals surface area contributed by atoms with Gasteiger partial charge in [0.05, 0.1) is 12.5 Å². The Hall–Kier alpha value is -1.31. The van der Waals surface area contributed by atoms with Crippen LogP contribution in [0.15, 0.2) is 12.1 Å². The van der Waals surface area contributed by atoms with Crippen LogP contribution in [0.3, 0.4) is 0 Å². The van der Waals surface area contributed by atoms with Crippen LogP contribution >= 0.6 is 0 Å². The molecule has 2 heteroatoms. The van der Waals surface area contributed by atoms with Crippen LogP contribution in [0.4, 0.5) is 0 Å². The van der Waals surface area contributed by atoms with Gasteiger partial charge < -0.3 is 4.74 Å². The fourth-order valence-electron chi connectivity index (χ4n) is 2.74. The molecule has 0 saturated heterocycles. The van der Waals surface area contributed by atoms with Gasteiger partial charge in [0.15, 0.2) is 0 Å². The van der Waals surface area contributed by atoms with Gasteiger partial charge in [0.2, 0.25) is 0 Å². The Labute approximate surface area is 117 Å². The molecule has 1 aromatic carbocycles. The highest BCUT2D eigenvalue weighted by Gasteiger charge is 2.34. The predicted octanol–water partition coefficient (Wildman–Crippen LogP) is 4.05. The summed E-state index contributed by atoms with van der Waals surface area (Å²) >= 11 is 0. The van der Waals surface area contributed by atoms with Crippen LogP contribution in [-0.2, 0) is 20.4 Å². The molecule has 0 bridgehead atoms. The Morgan fingerprint density at radius 2 is 1.42 bits per heavy atom. The van der Waals surface area contributed by atoms with Gasteiger partial charge in [-0.25, -0.2) is 0 Å². The van der Waals surface area contributed by atoms with Crippen molar-refractivity contribution in [1.82, 2.24) is 0 Å². The summed E-state index contributed by atoms with van der Waals surface area (Å²) in [6.45, 7) is 14.6. The van der Waals surface area contributed by atoms with Gasteiger partial charge >= 0.3 is 5.97 Å². The lowest BCUT2D eigenvalue weighted by molar-refractivity contribution is -0.146. The zero-order valence-corrected chi connectivity index (χ0v) is 13.5. The Balaban J connectivity index is 3.45. The average Bonchev–Trinajstić information content (AvgIpc) is 2.25. The first-order chi connectivity index (χ1) is 8.51. The third-order valence-corrected chi connectivity index (χ3v) is 3.72. The molecule has 0 saturated carbocycles. The summed E-state index contributed by atoms with van der Waals surface area (Å²) < 4.78 is 4.94. The Morgan fingerprint density at radius 3 is 1.74 bits per heavy atom. The molecule has 1 aromatic rings. The summed E-state index contributed by atoms with van der Waals surface area (Å²) in [4.78, 5) is 12.0. The largest absolute Gasteiger partial charge is 0.468 e. The van der Waals surface area contributed by atoms with E-state index in [0.29, 0.717) is 0 Å². The molecule has 0 atom stereocenters. The maximum absolute atomic E-state index is 12.0. The lowest BCUT2D eigenvalue weighted by Gasteiger charge is -2.29. The summed E-state index contributed by atoms with van der Waals surface area (Å²) in [5, 5.41) is 0. The van der Waals surface area contributed by atoms with E-state index < -0.39 is 5.41 Å². The number of esters is 1. The van der Waals surface area contributed by atoms with E-state index in [0.717, 1.165) is 16.7 Å². The van der Waals surface area contributed by atoms with Crippen LogP contribution in [-0.4, -0.2) is 13.1 Å². The molecule has 0 aliphatic rings. The van der Waals surface area contributed by atoms with Gasteiger partial charge in [-0.05, 0) is 55.4 Å². The molecule has 0 radical (unpaired) electrons. The Kier molecular flexibility index (Phi) is 4.14. The summed E-state index contributed by atoms with van der Waals surface area (Å²) in [6.07, 6.45) is 0. The second kappa shape index (κ2) is 4.99. The summed E-state index contributed by atoms with van der Waals surface area (Å²) in [5.74, 6) is -0.192. The van der Waals surface area contributed by atoms with Gasteiger partial charge in [0.25, 0.3) is 0 Å². The molecule has 0 heterocycles. The van der Waals surface area contributed by atoms with Crippen molar-refractivity contribution in [3.63, 3.8) is 0 Å². The Bertz CT molecular complexity index is 467. The van der Waals surface area contributed by atoms with Crippen LogP contribution in [0.25, 0.3) is 0 Å². The molecule has 1 rings (SSSR count). The van der Waals surface area contributed by atoms with Gasteiger partial charge in [0.1, 0.15) is 0 Å². The van der Waals surface area contributed by atoms with Crippen LogP contribution in [0.5, 0.6) is 0 Å². The molecular weight excluding hydrogens is 236 g/mol. The number of aryl methyl sites for hydroxylation is 2. The van der Waals surface area contributed by atoms with Gasteiger partial charge in [-0.1, -0.05) is 32.9 Å². The standard InChI is InChI=1S/C17H26O2/c1-11-9-13(16(3,4)5)10-12(2)14(11)17(6,7)15(18)19-8/h9-10H,1-8H3. The van der Waals surface area contributed by atoms with Crippen LogP contribution < -0.4 is 0 Å². The van der Waals surface area contributed by atoms with Crippen molar-refractivity contribution in [3.8, 4) is 0 Å². The zero-order valence-electron chi connectivity index (χ0n) is 13.5. The van der Waals surface area contributed by atoms with Crippen molar-refractivity contribution in [2.45, 2.75) is 59.3 Å². The second-order valence-electron chi connectivity index (χ2n) is 6.85. The lowest BCUT2D eigenvalue weighted by atomic mass is 9.76. The zero-order chi connectivity index (χ0) is 15.0. The van der Waals surface area contributed by atoms with E-state index in [1.165, 1.54) is 12.7 Å². The van der Waals surface area contributed by atoms with E-state index in [2.05, 4.69) is 46.8 Å². The molecule has 0 aromatic heterocycles. The highest BCUT2D eigenvalue weighted by Crippen LogP contribution is 2.34. The van der Waals surface area contributed by atoms with E-state index in [-0.39, 0.29) is 11.4 Å². The SMILES string of the molecule is COC(=O)C(C)(C)c1c(C)cc(C(C)(C)C)cc1C. The average molecular weight is 262 g/mol. The van der Waals surface area contributed by atoms with E-state index in [4.69, 9.17) is 4.74 Å². The third kappa shape index (κ3) is 2.99. The summed E-state index contributed by atoms with van der Waals surface area (Å²) in [5.41, 5.74) is 4.18. The topological polar surface area (TPSA) is 26.3 Å². The molecule has 106 valence electrons. The Morgan fingerprint density at radius 1 is 1.00 bits per heavy atom. The van der Waals surface area contributed by atoms with Crippen molar-refractivity contribution >= 4 is 5.97 Å². The van der Waals surface area contributed by atoms with Crippen molar-refractivity contribution in [2.75, 3.05) is 7.11 Å². The third-order valence-electron chi connectivity index (χ3n) is 3.72. The minimum absolute atomic E-state index is 0.115. The van der Waals surface area contributed by atoms with E-state index in [1.807, 2.05) is 13.8 Å². The molecule has 0 amide bonds. The number of carbonyl (C=O) groups excluding carboxylic acids is 1. The monoisotopic (exact) mass is 262 g/mol. The van der Waals surface area contributed by atoms with Gasteiger partial charge in [-0.15, -0.1) is 0 Å². The lowest BCUT2D eigenvalue weighted by Crippen LogP contribution is -2.32. The number of benzene rings is 1. The quantitative estimate of drug-likeness (QED) is 0.752. The first-order valence-electron chi connectivity index (χ1n) is 6.72. The molecular formula is C17H26O2. The van der Waals surface area contributed by atoms with Gasteiger partial charge in [-0.2, -0.15) is 0 Å². The van der Waals surface area contributed by atoms with Crippen molar-refractivity contribution in [1.29, 1.82) is 0 Å². The number of hydrogen-bond donors (Lipinski definition) is 0. The minimum Gasteiger partial charge on any atom is -0.468 e. The molecule has 0 fully saturated rings. The molecule has 0 aliphatic carbocycles. The minimum atomic E-state index is -0.612. The number of methoxy groups -OCH3 is 1. The highest BCUT2D eigenvalue weighted by molar-refractivity contribution is 5.83. The molecule has 2 nitrogen and oxygen atoms in total. The molecule has 0 N–H and O–H groups in total. The summed E-state index contributed by atoms with van der Waals surface area (Å²) in [6, 6.07) is 4.38. The fraction of sp³-hybridized carbons (Fsp3) is 0.588. The van der Waals surface area contributed by atoms with Crippen LogP contribution in [0.2, 0.25) is 0 Å². The normalized spacial score (nSPS) is 12.4. The molecule has 0 aliphatic heterocycles. The smallest absolute Gasteiger partial charge is 0.315 e. The highest BCUT2D eigenvalue weighted by atomic mass is 16.5. The van der Waals surface area contributed by atoms with Gasteiger partial charge in [0, 0.05) is 0 Å². The van der Waals surface area contributed by atoms with E-state index in [1.54, 1.807) is 0 Å². The van der Waals surface area contributed by atoms with Crippen LogP contribution in [0.1, 0.15) is 56.9 Å². The summed E-state index contributed by atoms with van der Waals surface area (Å²) in [7, 11) is 1.44. The molecule has 0 unspecified atom stereocenters. The van der Waals surface area contributed by atoms with E-state index >= 15 is 0 Å². The molecule has 0 spiro atoms. The maximum Gasteiger partial charge on any atom is 0.315 e. The number of carbonyl (C=O) groups is 1. The fourth-order valence-corrected chi connectivity index (χ4v) is 2.74. The van der Waals surface area contributed by atoms with Crippen molar-refractivity contribution in [2.24, 2.45) is 0 Å². The van der Waals surface area contributed by atoms with Crippen LogP contribution in [0, 0.1) is 13.8 Å². The van der Waals surface area contributed by atoms with Gasteiger partial charge in [-0.3, -0.25) is 4.79 Å². The number of ether oxygens (including phenoxy) is 1. The number of rotatable bonds is 2. The molecule has 19 heavy (non-hydrogen) atoms. The predicted molar refractivity (Wildman–Crippen MR) is 79.7 cm³/mol. The first-order valence-corrected chi connectivity index (χ1v) is 6.72. The van der Waals surface area contributed by atoms with E-state index in [9.17, 15) is 4.79 Å². The van der Waals surface area contributed by atoms with Crippen molar-refractivity contribution < 1.29 is 9.53 Å². The first kappa shape index (κ1) is 15.7.